The van der Waals surface area contributed by atoms with Crippen LogP contribution in [-0.2, 0) is 33.1 Å². The standard InChI is InChI=1S/C20H18F2N6O2S.C19H16F2N6.C11H11BrFN5.C10H9F/c1-10-25-26-19-20(2,3)24-14-9-23-17(16(22)18(14)28(10)19)13-7-11(21)8-15-12(13)5-6-27(15)31(4,29)30;1-9-25-26-18-19(2,3)24-14-8-23-16(15(21)17(14)27(9)18)12-6-10(20)7-13-11(12)4-5-22-13;1-5-16-17-10-11(2,3)15-6-4-14-9(12)7(13)8(6)18(5)10;1-7-5-9(11)6-8-3-2-4-10(7)8/h5-9,24H,1-4H3;4-8,22,24H,1-3H3;4,15H,1-3H3;2,4-6H,3H2,1H3. The molecule has 0 spiro atoms. The van der Waals surface area contributed by atoms with Crippen molar-refractivity contribution in [3.05, 3.63) is 177 Å². The van der Waals surface area contributed by atoms with Gasteiger partial charge in [0.05, 0.1) is 64.0 Å². The first-order valence-corrected chi connectivity index (χ1v) is 29.8. The van der Waals surface area contributed by atoms with Crippen molar-refractivity contribution >= 4 is 70.9 Å². The number of aryl methyl sites for hydroxylation is 4. The largest absolute Gasteiger partial charge is 0.370 e. The fourth-order valence-electron chi connectivity index (χ4n) is 11.5. The third kappa shape index (κ3) is 9.84. The number of benzene rings is 3. The van der Waals surface area contributed by atoms with Crippen LogP contribution in [0.25, 0.3) is 67.5 Å². The summed E-state index contributed by atoms with van der Waals surface area (Å²) in [5.41, 5.74) is 5.52. The fourth-order valence-corrected chi connectivity index (χ4v) is 12.6. The molecule has 0 amide bonds. The van der Waals surface area contributed by atoms with Gasteiger partial charge in [0.2, 0.25) is 10.0 Å². The van der Waals surface area contributed by atoms with Gasteiger partial charge in [-0.05, 0) is 157 Å². The second-order valence-corrected chi connectivity index (χ2v) is 25.6. The lowest BCUT2D eigenvalue weighted by Crippen LogP contribution is -2.36. The number of H-pyrrole nitrogens is 1. The van der Waals surface area contributed by atoms with E-state index in [0.29, 0.717) is 85.2 Å². The number of fused-ring (bicyclic) bond motifs is 12. The number of halogens is 7. The van der Waals surface area contributed by atoms with Gasteiger partial charge in [0, 0.05) is 39.8 Å². The van der Waals surface area contributed by atoms with Gasteiger partial charge in [0.1, 0.15) is 68.0 Å². The average molecular weight is 1270 g/mol. The molecule has 87 heavy (non-hydrogen) atoms. The van der Waals surface area contributed by atoms with Crippen molar-refractivity contribution in [2.75, 3.05) is 22.2 Å². The minimum absolute atomic E-state index is 0.0819. The maximum absolute atomic E-state index is 15.9. The van der Waals surface area contributed by atoms with Crippen LogP contribution in [-0.4, -0.2) is 82.9 Å². The molecule has 15 rings (SSSR count). The Morgan fingerprint density at radius 1 is 0.563 bits per heavy atom. The number of hydrogen-bond donors (Lipinski definition) is 4. The van der Waals surface area contributed by atoms with E-state index >= 15 is 8.78 Å². The summed E-state index contributed by atoms with van der Waals surface area (Å²) in [5, 5.41) is 35.5. The van der Waals surface area contributed by atoms with Gasteiger partial charge in [-0.3, -0.25) is 23.7 Å². The number of aromatic amines is 1. The zero-order chi connectivity index (χ0) is 62.1. The highest BCUT2D eigenvalue weighted by molar-refractivity contribution is 9.10. The quantitative estimate of drug-likeness (QED) is 0.0955. The van der Waals surface area contributed by atoms with Crippen molar-refractivity contribution in [3.63, 3.8) is 0 Å². The fraction of sp³-hybridized carbons (Fsp3) is 0.250. The zero-order valence-corrected chi connectivity index (χ0v) is 51.0. The van der Waals surface area contributed by atoms with Crippen molar-refractivity contribution in [3.8, 4) is 39.6 Å². The highest BCUT2D eigenvalue weighted by Gasteiger charge is 2.40. The Hall–Kier alpha value is -9.24. The van der Waals surface area contributed by atoms with Crippen LogP contribution in [0.2, 0.25) is 0 Å². The average Bonchev–Trinajstić information content (AvgIpc) is 1.77. The molecule has 1 aliphatic carbocycles. The Balaban J connectivity index is 0.000000120. The van der Waals surface area contributed by atoms with Crippen molar-refractivity contribution < 1.29 is 34.8 Å². The zero-order valence-electron chi connectivity index (χ0n) is 48.6. The minimum atomic E-state index is -3.67. The molecule has 446 valence electrons. The monoisotopic (exact) mass is 1270 g/mol. The molecule has 0 fully saturated rings. The van der Waals surface area contributed by atoms with Crippen LogP contribution in [0, 0.1) is 62.6 Å². The topological polar surface area (TPSA) is 222 Å². The molecule has 0 atom stereocenters. The Kier molecular flexibility index (Phi) is 13.9. The van der Waals surface area contributed by atoms with Crippen molar-refractivity contribution in [2.45, 2.75) is 92.3 Å². The van der Waals surface area contributed by atoms with Gasteiger partial charge in [-0.15, -0.1) is 30.6 Å². The second kappa shape index (κ2) is 20.7. The Morgan fingerprint density at radius 3 is 1.53 bits per heavy atom. The third-order valence-corrected chi connectivity index (χ3v) is 17.0. The Labute approximate surface area is 502 Å². The number of anilines is 3. The maximum atomic E-state index is 15.9. The number of pyridine rings is 3. The van der Waals surface area contributed by atoms with Crippen molar-refractivity contribution in [2.24, 2.45) is 0 Å². The number of nitrogens with zero attached hydrogens (tertiary/aromatic N) is 13. The Bertz CT molecular complexity index is 4830. The van der Waals surface area contributed by atoms with E-state index in [2.05, 4.69) is 94.6 Å². The molecule has 4 aliphatic rings. The lowest BCUT2D eigenvalue weighted by molar-refractivity contribution is 0.518. The predicted octanol–water partition coefficient (Wildman–Crippen LogP) is 12.6. The van der Waals surface area contributed by atoms with E-state index in [-0.39, 0.29) is 38.6 Å². The lowest BCUT2D eigenvalue weighted by atomic mass is 9.99. The molecule has 8 aromatic heterocycles. The smallest absolute Gasteiger partial charge is 0.236 e. The molecule has 19 nitrogen and oxygen atoms in total. The molecule has 0 radical (unpaired) electrons. The van der Waals surface area contributed by atoms with E-state index in [1.165, 1.54) is 36.2 Å². The van der Waals surface area contributed by atoms with Crippen LogP contribution >= 0.6 is 15.9 Å². The maximum Gasteiger partial charge on any atom is 0.236 e. The van der Waals surface area contributed by atoms with Gasteiger partial charge in [-0.1, -0.05) is 12.2 Å². The summed E-state index contributed by atoms with van der Waals surface area (Å²) in [5.74, 6) is 0.598. The molecule has 27 heteroatoms. The highest BCUT2D eigenvalue weighted by Crippen LogP contribution is 2.44. The van der Waals surface area contributed by atoms with E-state index in [9.17, 15) is 26.0 Å². The van der Waals surface area contributed by atoms with Gasteiger partial charge in [-0.25, -0.2) is 43.7 Å². The van der Waals surface area contributed by atoms with Gasteiger partial charge < -0.3 is 20.9 Å². The van der Waals surface area contributed by atoms with Crippen molar-refractivity contribution in [1.82, 2.24) is 68.2 Å². The molecule has 0 unspecified atom stereocenters. The predicted molar refractivity (Wildman–Crippen MR) is 321 cm³/mol. The number of nitrogens with one attached hydrogen (secondary N) is 4. The first-order chi connectivity index (χ1) is 41.0. The summed E-state index contributed by atoms with van der Waals surface area (Å²) >= 11 is 3.10. The van der Waals surface area contributed by atoms with Gasteiger partial charge >= 0.3 is 0 Å². The van der Waals surface area contributed by atoms with Crippen LogP contribution in [0.3, 0.4) is 0 Å². The number of rotatable bonds is 3. The van der Waals surface area contributed by atoms with E-state index in [1.807, 2.05) is 48.5 Å². The van der Waals surface area contributed by atoms with Gasteiger partial charge in [0.15, 0.2) is 34.9 Å². The third-order valence-electron chi connectivity index (χ3n) is 15.4. The molecular weight excluding hydrogens is 1220 g/mol. The summed E-state index contributed by atoms with van der Waals surface area (Å²) in [6.07, 6.45) is 13.7. The van der Waals surface area contributed by atoms with Crippen molar-refractivity contribution in [1.29, 1.82) is 0 Å². The Morgan fingerprint density at radius 2 is 1.02 bits per heavy atom. The van der Waals surface area contributed by atoms with Crippen LogP contribution < -0.4 is 16.0 Å². The van der Waals surface area contributed by atoms with Crippen LogP contribution in [0.5, 0.6) is 0 Å². The second-order valence-electron chi connectivity index (χ2n) is 23.0. The van der Waals surface area contributed by atoms with Crippen LogP contribution in [0.4, 0.5) is 43.4 Å². The molecule has 0 saturated carbocycles. The van der Waals surface area contributed by atoms with Gasteiger partial charge in [0.25, 0.3) is 0 Å². The first kappa shape index (κ1) is 58.2. The SMILES string of the molecule is Cc1cc(F)cc2c1C=CC2.Cc1nnc2n1-c1c(cnc(-c3cc(F)cc4[nH]ccc34)c1F)NC2(C)C.Cc1nnc2n1-c1c(cnc(-c3cc(F)cc4c3ccn4S(C)(=O)=O)c1F)NC2(C)C.Cc1nnc2n1-c1c(cnc(Br)c1F)NC2(C)C. The lowest BCUT2D eigenvalue weighted by Gasteiger charge is -2.33. The number of aromatic nitrogens is 14. The van der Waals surface area contributed by atoms with E-state index in [1.54, 1.807) is 71.3 Å². The van der Waals surface area contributed by atoms with E-state index < -0.39 is 55.7 Å². The molecule has 3 aromatic carbocycles. The summed E-state index contributed by atoms with van der Waals surface area (Å²) in [6.45, 7) is 18.8. The number of hydrogen-bond acceptors (Lipinski definition) is 14. The summed E-state index contributed by atoms with van der Waals surface area (Å²) in [4.78, 5) is 15.5. The molecule has 0 saturated heterocycles. The molecule has 11 heterocycles. The first-order valence-electron chi connectivity index (χ1n) is 27.1. The summed E-state index contributed by atoms with van der Waals surface area (Å²) in [7, 11) is -3.67. The van der Waals surface area contributed by atoms with E-state index in [4.69, 9.17) is 0 Å². The van der Waals surface area contributed by atoms with E-state index in [0.717, 1.165) is 39.9 Å². The van der Waals surface area contributed by atoms with Gasteiger partial charge in [-0.2, -0.15) is 0 Å². The highest BCUT2D eigenvalue weighted by atomic mass is 79.9. The molecular formula is C60H54BrF6N17O2S. The number of allylic oxidation sites excluding steroid dienone is 1. The van der Waals surface area contributed by atoms with Crippen LogP contribution in [0.1, 0.15) is 93.2 Å². The summed E-state index contributed by atoms with van der Waals surface area (Å²) < 4.78 is 117. The molecule has 11 aromatic rings. The molecule has 0 bridgehead atoms. The molecule has 4 N–H and O–H groups in total. The summed E-state index contributed by atoms with van der Waals surface area (Å²) in [6, 6.07) is 11.4. The molecule has 3 aliphatic heterocycles. The normalized spacial score (nSPS) is 14.9. The minimum Gasteiger partial charge on any atom is -0.370 e. The van der Waals surface area contributed by atoms with Crippen LogP contribution in [0.15, 0.2) is 90.2 Å².